The number of piperidine rings is 1. The minimum atomic E-state index is -0.819. The fourth-order valence-electron chi connectivity index (χ4n) is 2.78. The highest BCUT2D eigenvalue weighted by molar-refractivity contribution is 5.69. The van der Waals surface area contributed by atoms with Gasteiger partial charge in [0.05, 0.1) is 11.4 Å². The van der Waals surface area contributed by atoms with E-state index in [-0.39, 0.29) is 11.7 Å². The van der Waals surface area contributed by atoms with Crippen LogP contribution in [0.4, 0.5) is 20.2 Å². The second kappa shape index (κ2) is 5.55. The Hall–Kier alpha value is -1.32. The highest BCUT2D eigenvalue weighted by Crippen LogP contribution is 2.34. The van der Waals surface area contributed by atoms with Crippen molar-refractivity contribution in [3.05, 3.63) is 23.8 Å². The molecule has 0 saturated carbocycles. The molecule has 18 heavy (non-hydrogen) atoms. The Morgan fingerprint density at radius 2 is 2.11 bits per heavy atom. The molecule has 1 aromatic carbocycles. The van der Waals surface area contributed by atoms with Crippen molar-refractivity contribution in [1.29, 1.82) is 0 Å². The molecule has 0 amide bonds. The van der Waals surface area contributed by atoms with Gasteiger partial charge in [0, 0.05) is 12.6 Å². The molecule has 100 valence electrons. The van der Waals surface area contributed by atoms with E-state index in [1.807, 2.05) is 4.90 Å². The molecule has 0 aromatic heterocycles. The average molecular weight is 254 g/mol. The summed E-state index contributed by atoms with van der Waals surface area (Å²) < 4.78 is 27.3. The van der Waals surface area contributed by atoms with E-state index in [0.717, 1.165) is 44.7 Å². The van der Waals surface area contributed by atoms with Crippen molar-refractivity contribution >= 4 is 11.4 Å². The lowest BCUT2D eigenvalue weighted by molar-refractivity contribution is 0.424. The quantitative estimate of drug-likeness (QED) is 0.833. The van der Waals surface area contributed by atoms with Crippen LogP contribution in [0.5, 0.6) is 0 Å². The van der Waals surface area contributed by atoms with Gasteiger partial charge < -0.3 is 10.6 Å². The maximum absolute atomic E-state index is 14.0. The van der Waals surface area contributed by atoms with E-state index >= 15 is 0 Å². The number of benzene rings is 1. The van der Waals surface area contributed by atoms with Crippen molar-refractivity contribution in [2.75, 3.05) is 17.2 Å². The molecule has 0 radical (unpaired) electrons. The van der Waals surface area contributed by atoms with Gasteiger partial charge in [-0.15, -0.1) is 0 Å². The summed E-state index contributed by atoms with van der Waals surface area (Å²) in [5, 5.41) is 0. The minimum absolute atomic E-state index is 0.258. The van der Waals surface area contributed by atoms with Crippen molar-refractivity contribution < 1.29 is 8.78 Å². The Bertz CT molecular complexity index is 419. The molecule has 0 spiro atoms. The van der Waals surface area contributed by atoms with Crippen molar-refractivity contribution in [2.24, 2.45) is 0 Å². The Morgan fingerprint density at radius 3 is 2.83 bits per heavy atom. The summed E-state index contributed by atoms with van der Waals surface area (Å²) >= 11 is 0. The number of hydrogen-bond acceptors (Lipinski definition) is 2. The summed E-state index contributed by atoms with van der Waals surface area (Å²) in [4.78, 5) is 1.96. The van der Waals surface area contributed by atoms with Gasteiger partial charge in [-0.1, -0.05) is 13.3 Å². The lowest BCUT2D eigenvalue weighted by atomic mass is 9.97. The third-order valence-corrected chi connectivity index (χ3v) is 3.64. The van der Waals surface area contributed by atoms with E-state index in [4.69, 9.17) is 5.73 Å². The zero-order chi connectivity index (χ0) is 13.1. The first-order chi connectivity index (χ1) is 8.65. The molecule has 2 nitrogen and oxygen atoms in total. The topological polar surface area (TPSA) is 29.3 Å². The predicted molar refractivity (Wildman–Crippen MR) is 70.7 cm³/mol. The van der Waals surface area contributed by atoms with Crippen LogP contribution in [0.1, 0.15) is 39.0 Å². The summed E-state index contributed by atoms with van der Waals surface area (Å²) in [5.41, 5.74) is 6.42. The first-order valence-corrected chi connectivity index (χ1v) is 6.65. The number of nitrogens with two attached hydrogens (primary N) is 1. The van der Waals surface area contributed by atoms with Gasteiger partial charge in [0.15, 0.2) is 11.6 Å². The molecule has 1 aliphatic rings. The van der Waals surface area contributed by atoms with Crippen molar-refractivity contribution in [2.45, 2.75) is 45.1 Å². The number of nitrogens with zero attached hydrogens (tertiary/aromatic N) is 1. The van der Waals surface area contributed by atoms with Crippen LogP contribution in [0.25, 0.3) is 0 Å². The van der Waals surface area contributed by atoms with Crippen LogP contribution in [-0.2, 0) is 0 Å². The Balaban J connectivity index is 2.36. The van der Waals surface area contributed by atoms with Crippen LogP contribution < -0.4 is 10.6 Å². The third-order valence-electron chi connectivity index (χ3n) is 3.64. The Kier molecular flexibility index (Phi) is 4.04. The van der Waals surface area contributed by atoms with Crippen LogP contribution in [0, 0.1) is 11.6 Å². The zero-order valence-electron chi connectivity index (χ0n) is 10.8. The van der Waals surface area contributed by atoms with E-state index in [1.54, 1.807) is 0 Å². The normalized spacial score (nSPS) is 20.2. The van der Waals surface area contributed by atoms with Crippen LogP contribution in [0.2, 0.25) is 0 Å². The number of halogens is 2. The predicted octanol–water partition coefficient (Wildman–Crippen LogP) is 3.71. The van der Waals surface area contributed by atoms with Crippen molar-refractivity contribution in [3.8, 4) is 0 Å². The lowest BCUT2D eigenvalue weighted by Gasteiger charge is -2.38. The zero-order valence-corrected chi connectivity index (χ0v) is 10.8. The van der Waals surface area contributed by atoms with Crippen molar-refractivity contribution in [3.63, 3.8) is 0 Å². The van der Waals surface area contributed by atoms with Crippen LogP contribution >= 0.6 is 0 Å². The number of nitrogen functional groups attached to an aromatic ring is 1. The Morgan fingerprint density at radius 1 is 1.33 bits per heavy atom. The Labute approximate surface area is 107 Å². The second-order valence-electron chi connectivity index (χ2n) is 4.93. The SMILES string of the molecule is CCCC1CCCCN1c1c(N)ccc(F)c1F. The molecule has 0 aliphatic carbocycles. The summed E-state index contributed by atoms with van der Waals surface area (Å²) in [6.07, 6.45) is 5.23. The second-order valence-corrected chi connectivity index (χ2v) is 4.93. The lowest BCUT2D eigenvalue weighted by Crippen LogP contribution is -2.40. The highest BCUT2D eigenvalue weighted by atomic mass is 19.2. The minimum Gasteiger partial charge on any atom is -0.397 e. The molecule has 1 fully saturated rings. The molecule has 2 rings (SSSR count). The van der Waals surface area contributed by atoms with Gasteiger partial charge in [-0.2, -0.15) is 0 Å². The molecule has 0 bridgehead atoms. The van der Waals surface area contributed by atoms with Gasteiger partial charge >= 0.3 is 0 Å². The third kappa shape index (κ3) is 2.42. The first kappa shape index (κ1) is 13.1. The van der Waals surface area contributed by atoms with E-state index < -0.39 is 11.6 Å². The monoisotopic (exact) mass is 254 g/mol. The fraction of sp³-hybridized carbons (Fsp3) is 0.571. The fourth-order valence-corrected chi connectivity index (χ4v) is 2.78. The van der Waals surface area contributed by atoms with E-state index in [2.05, 4.69) is 6.92 Å². The largest absolute Gasteiger partial charge is 0.397 e. The standard InChI is InChI=1S/C14H20F2N2/c1-2-5-10-6-3-4-9-18(10)14-12(17)8-7-11(15)13(14)16/h7-8,10H,2-6,9,17H2,1H3. The average Bonchev–Trinajstić information content (AvgIpc) is 2.37. The first-order valence-electron chi connectivity index (χ1n) is 6.65. The van der Waals surface area contributed by atoms with Gasteiger partial charge in [0.1, 0.15) is 0 Å². The van der Waals surface area contributed by atoms with Crippen LogP contribution in [0.3, 0.4) is 0 Å². The molecule has 1 atom stereocenters. The van der Waals surface area contributed by atoms with Crippen LogP contribution in [0.15, 0.2) is 12.1 Å². The van der Waals surface area contributed by atoms with Gasteiger partial charge in [-0.25, -0.2) is 8.78 Å². The van der Waals surface area contributed by atoms with Crippen LogP contribution in [-0.4, -0.2) is 12.6 Å². The van der Waals surface area contributed by atoms with Gasteiger partial charge in [-0.3, -0.25) is 0 Å². The summed E-state index contributed by atoms with van der Waals surface area (Å²) in [6.45, 7) is 2.87. The maximum Gasteiger partial charge on any atom is 0.184 e. The molecule has 1 heterocycles. The smallest absolute Gasteiger partial charge is 0.184 e. The number of hydrogen-bond donors (Lipinski definition) is 1. The summed E-state index contributed by atoms with van der Waals surface area (Å²) in [5.74, 6) is -1.63. The maximum atomic E-state index is 14.0. The molecule has 4 heteroatoms. The number of rotatable bonds is 3. The number of anilines is 2. The summed E-state index contributed by atoms with van der Waals surface area (Å²) in [6, 6.07) is 2.82. The van der Waals surface area contributed by atoms with E-state index in [0.29, 0.717) is 5.69 Å². The molecule has 1 saturated heterocycles. The van der Waals surface area contributed by atoms with Gasteiger partial charge in [0.2, 0.25) is 0 Å². The molecular weight excluding hydrogens is 234 g/mol. The molecular formula is C14H20F2N2. The van der Waals surface area contributed by atoms with E-state index in [9.17, 15) is 8.78 Å². The van der Waals surface area contributed by atoms with Gasteiger partial charge in [0.25, 0.3) is 0 Å². The highest BCUT2D eigenvalue weighted by Gasteiger charge is 2.27. The summed E-state index contributed by atoms with van der Waals surface area (Å²) in [7, 11) is 0. The molecule has 2 N–H and O–H groups in total. The molecule has 1 aliphatic heterocycles. The van der Waals surface area contributed by atoms with Gasteiger partial charge in [-0.05, 0) is 37.8 Å². The van der Waals surface area contributed by atoms with Crippen molar-refractivity contribution in [1.82, 2.24) is 0 Å². The molecule has 1 unspecified atom stereocenters. The van der Waals surface area contributed by atoms with E-state index in [1.165, 1.54) is 6.07 Å². The molecule has 1 aromatic rings.